The van der Waals surface area contributed by atoms with Gasteiger partial charge in [-0.3, -0.25) is 14.4 Å². The SMILES string of the molecule is Cl.O=C(O)CNC(=O)C1CCCN(C(=O)CCCC2CCNCC2)C1. The summed E-state index contributed by atoms with van der Waals surface area (Å²) in [4.78, 5) is 36.6. The van der Waals surface area contributed by atoms with Crippen molar-refractivity contribution in [3.8, 4) is 0 Å². The molecule has 2 amide bonds. The summed E-state index contributed by atoms with van der Waals surface area (Å²) < 4.78 is 0. The molecule has 144 valence electrons. The number of piperidine rings is 2. The third kappa shape index (κ3) is 7.61. The van der Waals surface area contributed by atoms with Crippen LogP contribution < -0.4 is 10.6 Å². The van der Waals surface area contributed by atoms with E-state index in [0.29, 0.717) is 25.9 Å². The van der Waals surface area contributed by atoms with Crippen LogP contribution in [-0.2, 0) is 14.4 Å². The number of hydrogen-bond donors (Lipinski definition) is 3. The van der Waals surface area contributed by atoms with Gasteiger partial charge in [0, 0.05) is 19.5 Å². The van der Waals surface area contributed by atoms with Gasteiger partial charge in [-0.05, 0) is 57.5 Å². The Morgan fingerprint density at radius 1 is 1.16 bits per heavy atom. The first-order valence-electron chi connectivity index (χ1n) is 9.04. The highest BCUT2D eigenvalue weighted by molar-refractivity contribution is 5.85. The first-order valence-corrected chi connectivity index (χ1v) is 9.04. The molecule has 0 aromatic rings. The Kier molecular flexibility index (Phi) is 9.82. The standard InChI is InChI=1S/C17H29N3O4.ClH/c21-15(5-1-3-13-6-8-18-9-7-13)20-10-2-4-14(12-20)17(24)19-11-16(22)23;/h13-14,18H,1-12H2,(H,19,24)(H,22,23);1H. The van der Waals surface area contributed by atoms with Gasteiger partial charge in [0.25, 0.3) is 0 Å². The number of carbonyl (C=O) groups excluding carboxylic acids is 2. The molecule has 2 aliphatic rings. The summed E-state index contributed by atoms with van der Waals surface area (Å²) in [6, 6.07) is 0. The van der Waals surface area contributed by atoms with Gasteiger partial charge in [0.15, 0.2) is 0 Å². The summed E-state index contributed by atoms with van der Waals surface area (Å²) in [5.41, 5.74) is 0. The number of aliphatic carboxylic acids is 1. The summed E-state index contributed by atoms with van der Waals surface area (Å²) in [5, 5.41) is 14.4. The highest BCUT2D eigenvalue weighted by atomic mass is 35.5. The highest BCUT2D eigenvalue weighted by Crippen LogP contribution is 2.21. The molecule has 8 heteroatoms. The van der Waals surface area contributed by atoms with E-state index in [9.17, 15) is 14.4 Å². The molecular weight excluding hydrogens is 346 g/mol. The van der Waals surface area contributed by atoms with Crippen LogP contribution >= 0.6 is 12.4 Å². The molecule has 0 radical (unpaired) electrons. The zero-order valence-corrected chi connectivity index (χ0v) is 15.5. The Morgan fingerprint density at radius 3 is 2.56 bits per heavy atom. The van der Waals surface area contributed by atoms with Crippen LogP contribution in [0.3, 0.4) is 0 Å². The van der Waals surface area contributed by atoms with Crippen LogP contribution in [0.1, 0.15) is 44.9 Å². The fraction of sp³-hybridized carbons (Fsp3) is 0.824. The van der Waals surface area contributed by atoms with E-state index in [1.54, 1.807) is 4.90 Å². The molecule has 2 fully saturated rings. The molecule has 2 rings (SSSR count). The van der Waals surface area contributed by atoms with Crippen molar-refractivity contribution in [2.24, 2.45) is 11.8 Å². The van der Waals surface area contributed by atoms with Crippen LogP contribution in [0.4, 0.5) is 0 Å². The number of carbonyl (C=O) groups is 3. The lowest BCUT2D eigenvalue weighted by Gasteiger charge is -2.32. The monoisotopic (exact) mass is 375 g/mol. The van der Waals surface area contributed by atoms with Crippen molar-refractivity contribution in [1.29, 1.82) is 0 Å². The second kappa shape index (κ2) is 11.3. The number of carboxylic acid groups (broad SMARTS) is 1. The van der Waals surface area contributed by atoms with E-state index < -0.39 is 5.97 Å². The summed E-state index contributed by atoms with van der Waals surface area (Å²) in [5.74, 6) is -0.740. The van der Waals surface area contributed by atoms with Crippen molar-refractivity contribution in [3.05, 3.63) is 0 Å². The summed E-state index contributed by atoms with van der Waals surface area (Å²) in [6.07, 6.45) is 6.47. The predicted octanol–water partition coefficient (Wildman–Crippen LogP) is 1.02. The molecule has 0 saturated carbocycles. The minimum absolute atomic E-state index is 0. The molecule has 3 N–H and O–H groups in total. The molecule has 0 aromatic carbocycles. The quantitative estimate of drug-likeness (QED) is 0.617. The van der Waals surface area contributed by atoms with Crippen molar-refractivity contribution >= 4 is 30.2 Å². The Hall–Kier alpha value is -1.34. The lowest BCUT2D eigenvalue weighted by Crippen LogP contribution is -2.46. The Morgan fingerprint density at radius 2 is 1.88 bits per heavy atom. The molecule has 1 unspecified atom stereocenters. The van der Waals surface area contributed by atoms with Gasteiger partial charge in [-0.2, -0.15) is 0 Å². The molecule has 2 aliphatic heterocycles. The Labute approximate surface area is 155 Å². The van der Waals surface area contributed by atoms with Gasteiger partial charge in [-0.15, -0.1) is 12.4 Å². The molecule has 1 atom stereocenters. The third-order valence-electron chi connectivity index (χ3n) is 5.02. The number of rotatable bonds is 7. The van der Waals surface area contributed by atoms with Gasteiger partial charge < -0.3 is 20.6 Å². The Balaban J connectivity index is 0.00000312. The number of nitrogens with zero attached hydrogens (tertiary/aromatic N) is 1. The van der Waals surface area contributed by atoms with E-state index in [0.717, 1.165) is 38.3 Å². The minimum Gasteiger partial charge on any atom is -0.480 e. The third-order valence-corrected chi connectivity index (χ3v) is 5.02. The zero-order valence-electron chi connectivity index (χ0n) is 14.7. The van der Waals surface area contributed by atoms with Crippen LogP contribution in [0.5, 0.6) is 0 Å². The molecule has 2 saturated heterocycles. The first-order chi connectivity index (χ1) is 11.6. The summed E-state index contributed by atoms with van der Waals surface area (Å²) >= 11 is 0. The second-order valence-corrected chi connectivity index (χ2v) is 6.88. The molecule has 0 bridgehead atoms. The molecule has 0 aromatic heterocycles. The number of nitrogens with one attached hydrogen (secondary N) is 2. The van der Waals surface area contributed by atoms with Crippen molar-refractivity contribution in [2.75, 3.05) is 32.7 Å². The van der Waals surface area contributed by atoms with Gasteiger partial charge >= 0.3 is 5.97 Å². The number of amides is 2. The molecule has 0 spiro atoms. The van der Waals surface area contributed by atoms with Crippen LogP contribution in [0.2, 0.25) is 0 Å². The summed E-state index contributed by atoms with van der Waals surface area (Å²) in [6.45, 7) is 2.92. The van der Waals surface area contributed by atoms with Gasteiger partial charge in [0.05, 0.1) is 5.92 Å². The van der Waals surface area contributed by atoms with E-state index in [-0.39, 0.29) is 36.7 Å². The van der Waals surface area contributed by atoms with Crippen LogP contribution in [0, 0.1) is 11.8 Å². The highest BCUT2D eigenvalue weighted by Gasteiger charge is 2.28. The lowest BCUT2D eigenvalue weighted by atomic mass is 9.92. The molecule has 7 nitrogen and oxygen atoms in total. The minimum atomic E-state index is -1.05. The number of carboxylic acids is 1. The molecular formula is C17H30ClN3O4. The fourth-order valence-corrected chi connectivity index (χ4v) is 3.60. The van der Waals surface area contributed by atoms with E-state index in [4.69, 9.17) is 5.11 Å². The maximum Gasteiger partial charge on any atom is 0.322 e. The van der Waals surface area contributed by atoms with Crippen LogP contribution in [0.15, 0.2) is 0 Å². The van der Waals surface area contributed by atoms with Crippen molar-refractivity contribution < 1.29 is 19.5 Å². The average Bonchev–Trinajstić information content (AvgIpc) is 2.60. The molecule has 25 heavy (non-hydrogen) atoms. The maximum atomic E-state index is 12.4. The summed E-state index contributed by atoms with van der Waals surface area (Å²) in [7, 11) is 0. The van der Waals surface area contributed by atoms with Crippen molar-refractivity contribution in [3.63, 3.8) is 0 Å². The topological polar surface area (TPSA) is 98.7 Å². The van der Waals surface area contributed by atoms with Gasteiger partial charge in [-0.1, -0.05) is 0 Å². The molecule has 0 aliphatic carbocycles. The zero-order chi connectivity index (χ0) is 17.4. The van der Waals surface area contributed by atoms with Crippen LogP contribution in [-0.4, -0.2) is 60.5 Å². The van der Waals surface area contributed by atoms with E-state index >= 15 is 0 Å². The average molecular weight is 376 g/mol. The normalized spacial score (nSPS) is 21.3. The number of hydrogen-bond acceptors (Lipinski definition) is 4. The number of likely N-dealkylation sites (tertiary alicyclic amines) is 1. The first kappa shape index (κ1) is 21.7. The second-order valence-electron chi connectivity index (χ2n) is 6.88. The van der Waals surface area contributed by atoms with Crippen molar-refractivity contribution in [2.45, 2.75) is 44.9 Å². The predicted molar refractivity (Wildman–Crippen MR) is 96.6 cm³/mol. The van der Waals surface area contributed by atoms with Gasteiger partial charge in [-0.25, -0.2) is 0 Å². The maximum absolute atomic E-state index is 12.4. The van der Waals surface area contributed by atoms with Gasteiger partial charge in [0.1, 0.15) is 6.54 Å². The van der Waals surface area contributed by atoms with E-state index in [1.165, 1.54) is 12.8 Å². The van der Waals surface area contributed by atoms with Crippen molar-refractivity contribution in [1.82, 2.24) is 15.5 Å². The van der Waals surface area contributed by atoms with Gasteiger partial charge in [0.2, 0.25) is 11.8 Å². The van der Waals surface area contributed by atoms with Crippen LogP contribution in [0.25, 0.3) is 0 Å². The largest absolute Gasteiger partial charge is 0.480 e. The lowest BCUT2D eigenvalue weighted by molar-refractivity contribution is -0.140. The van der Waals surface area contributed by atoms with E-state index in [2.05, 4.69) is 10.6 Å². The smallest absolute Gasteiger partial charge is 0.322 e. The molecule has 2 heterocycles. The van der Waals surface area contributed by atoms with E-state index in [1.807, 2.05) is 0 Å². The number of halogens is 1. The fourth-order valence-electron chi connectivity index (χ4n) is 3.60. The Bertz CT molecular complexity index is 455.